The number of carbonyl (C=O) groups is 1. The van der Waals surface area contributed by atoms with Crippen molar-refractivity contribution in [3.8, 4) is 11.6 Å². The molecule has 0 unspecified atom stereocenters. The zero-order valence-electron chi connectivity index (χ0n) is 16.3. The average Bonchev–Trinajstić information content (AvgIpc) is 3.02. The molecule has 2 N–H and O–H groups in total. The Bertz CT molecular complexity index is 1140. The fourth-order valence-electron chi connectivity index (χ4n) is 3.59. The van der Waals surface area contributed by atoms with Crippen molar-refractivity contribution in [2.24, 2.45) is 5.18 Å². The van der Waals surface area contributed by atoms with Gasteiger partial charge >= 0.3 is 0 Å². The summed E-state index contributed by atoms with van der Waals surface area (Å²) in [5.41, 5.74) is 1.69. The van der Waals surface area contributed by atoms with Gasteiger partial charge in [0.05, 0.1) is 18.7 Å². The van der Waals surface area contributed by atoms with Crippen molar-refractivity contribution in [3.63, 3.8) is 0 Å². The Morgan fingerprint density at radius 2 is 2.17 bits per heavy atom. The zero-order chi connectivity index (χ0) is 21.3. The van der Waals surface area contributed by atoms with E-state index in [0.29, 0.717) is 39.9 Å². The summed E-state index contributed by atoms with van der Waals surface area (Å²) >= 11 is 0. The zero-order valence-corrected chi connectivity index (χ0v) is 16.3. The lowest BCUT2D eigenvalue weighted by molar-refractivity contribution is -0.0173. The van der Waals surface area contributed by atoms with Crippen LogP contribution in [-0.2, 0) is 17.9 Å². The van der Waals surface area contributed by atoms with Crippen LogP contribution in [0.3, 0.4) is 0 Å². The standard InChI is InChI=1S/C21H20FN3O5/c1-2-5-23-20(26)12-3-4-16-17(8-12)25(21(27)18(16)24-28)9-13-6-15(22)7-14-10-29-11-30-19(13)14/h3-4,6-8,27H,2,5,9-11H2,1H3,(H,23,26). The Morgan fingerprint density at radius 3 is 2.93 bits per heavy atom. The van der Waals surface area contributed by atoms with Gasteiger partial charge in [0.1, 0.15) is 11.6 Å². The van der Waals surface area contributed by atoms with E-state index in [2.05, 4.69) is 10.5 Å². The second-order valence-electron chi connectivity index (χ2n) is 7.00. The lowest BCUT2D eigenvalue weighted by Gasteiger charge is -2.21. The van der Waals surface area contributed by atoms with Crippen LogP contribution < -0.4 is 10.1 Å². The van der Waals surface area contributed by atoms with Crippen LogP contribution in [0.2, 0.25) is 0 Å². The minimum atomic E-state index is -0.470. The fourth-order valence-corrected chi connectivity index (χ4v) is 3.59. The summed E-state index contributed by atoms with van der Waals surface area (Å²) in [5.74, 6) is -0.630. The van der Waals surface area contributed by atoms with E-state index in [9.17, 15) is 19.2 Å². The summed E-state index contributed by atoms with van der Waals surface area (Å²) in [7, 11) is 0. The third-order valence-electron chi connectivity index (χ3n) is 4.98. The van der Waals surface area contributed by atoms with Gasteiger partial charge in [0.15, 0.2) is 12.5 Å². The Morgan fingerprint density at radius 1 is 1.33 bits per heavy atom. The van der Waals surface area contributed by atoms with Gasteiger partial charge in [0, 0.05) is 28.6 Å². The highest BCUT2D eigenvalue weighted by atomic mass is 19.1. The third-order valence-corrected chi connectivity index (χ3v) is 4.98. The summed E-state index contributed by atoms with van der Waals surface area (Å²) < 4.78 is 26.3. The Labute approximate surface area is 171 Å². The molecule has 2 aromatic carbocycles. The Kier molecular flexibility index (Phi) is 5.37. The van der Waals surface area contributed by atoms with Crippen LogP contribution in [0.1, 0.15) is 34.8 Å². The first-order valence-corrected chi connectivity index (χ1v) is 9.52. The predicted molar refractivity (Wildman–Crippen MR) is 107 cm³/mol. The molecule has 0 spiro atoms. The summed E-state index contributed by atoms with van der Waals surface area (Å²) in [4.78, 5) is 23.7. The highest BCUT2D eigenvalue weighted by molar-refractivity contribution is 6.02. The second kappa shape index (κ2) is 8.11. The SMILES string of the molecule is CCCNC(=O)c1ccc2c(N=O)c(O)n(Cc3cc(F)cc4c3OCOC4)c2c1. The Hall–Kier alpha value is -3.46. The largest absolute Gasteiger partial charge is 0.493 e. The molecular weight excluding hydrogens is 393 g/mol. The van der Waals surface area contributed by atoms with Crippen LogP contribution in [0.25, 0.3) is 10.9 Å². The first kappa shape index (κ1) is 19.8. The number of fused-ring (bicyclic) bond motifs is 2. The molecule has 3 aromatic rings. The van der Waals surface area contributed by atoms with Gasteiger partial charge in [-0.1, -0.05) is 6.92 Å². The second-order valence-corrected chi connectivity index (χ2v) is 7.00. The highest BCUT2D eigenvalue weighted by Gasteiger charge is 2.23. The number of carbonyl (C=O) groups excluding carboxylic acids is 1. The summed E-state index contributed by atoms with van der Waals surface area (Å²) in [6.45, 7) is 2.73. The number of hydrogen-bond acceptors (Lipinski definition) is 6. The number of benzene rings is 2. The van der Waals surface area contributed by atoms with Gasteiger partial charge < -0.3 is 24.5 Å². The van der Waals surface area contributed by atoms with E-state index in [1.165, 1.54) is 16.7 Å². The molecule has 1 aliphatic rings. The number of amides is 1. The normalized spacial score (nSPS) is 13.0. The van der Waals surface area contributed by atoms with Crippen molar-refractivity contribution in [1.29, 1.82) is 0 Å². The number of aromatic nitrogens is 1. The van der Waals surface area contributed by atoms with Crippen LogP contribution in [0.5, 0.6) is 11.6 Å². The van der Waals surface area contributed by atoms with E-state index in [-0.39, 0.29) is 37.4 Å². The number of rotatable bonds is 6. The predicted octanol–water partition coefficient (Wildman–Crippen LogP) is 3.94. The smallest absolute Gasteiger partial charge is 0.251 e. The molecule has 4 rings (SSSR count). The van der Waals surface area contributed by atoms with E-state index < -0.39 is 5.82 Å². The molecule has 0 fully saturated rings. The lowest BCUT2D eigenvalue weighted by Crippen LogP contribution is -2.23. The van der Waals surface area contributed by atoms with Gasteiger partial charge in [-0.2, -0.15) is 0 Å². The lowest BCUT2D eigenvalue weighted by atomic mass is 10.1. The number of nitrogens with zero attached hydrogens (tertiary/aromatic N) is 2. The molecule has 1 amide bonds. The molecule has 0 atom stereocenters. The summed E-state index contributed by atoms with van der Waals surface area (Å²) in [6.07, 6.45) is 0.790. The number of aromatic hydroxyl groups is 1. The molecule has 0 aliphatic carbocycles. The number of ether oxygens (including phenoxy) is 2. The molecule has 156 valence electrons. The quantitative estimate of drug-likeness (QED) is 0.596. The van der Waals surface area contributed by atoms with Gasteiger partial charge in [0.25, 0.3) is 5.91 Å². The fraction of sp³-hybridized carbons (Fsp3) is 0.286. The summed E-state index contributed by atoms with van der Waals surface area (Å²) in [6, 6.07) is 7.34. The highest BCUT2D eigenvalue weighted by Crippen LogP contribution is 2.40. The number of halogens is 1. The van der Waals surface area contributed by atoms with Gasteiger partial charge in [-0.15, -0.1) is 4.91 Å². The van der Waals surface area contributed by atoms with Crippen LogP contribution in [0.15, 0.2) is 35.5 Å². The first-order valence-electron chi connectivity index (χ1n) is 9.52. The molecule has 0 saturated heterocycles. The third kappa shape index (κ3) is 3.48. The van der Waals surface area contributed by atoms with Crippen LogP contribution >= 0.6 is 0 Å². The van der Waals surface area contributed by atoms with E-state index >= 15 is 0 Å². The minimum absolute atomic E-state index is 0.0119. The van der Waals surface area contributed by atoms with Gasteiger partial charge in [-0.3, -0.25) is 4.79 Å². The maximum atomic E-state index is 14.1. The number of nitrogens with one attached hydrogen (secondary N) is 1. The molecule has 1 aliphatic heterocycles. The minimum Gasteiger partial charge on any atom is -0.493 e. The van der Waals surface area contributed by atoms with Crippen LogP contribution in [-0.4, -0.2) is 28.9 Å². The van der Waals surface area contributed by atoms with Gasteiger partial charge in [0.2, 0.25) is 5.88 Å². The number of nitroso groups, excluding NO2 is 1. The van der Waals surface area contributed by atoms with Gasteiger partial charge in [-0.25, -0.2) is 4.39 Å². The van der Waals surface area contributed by atoms with E-state index in [0.717, 1.165) is 6.42 Å². The van der Waals surface area contributed by atoms with Crippen molar-refractivity contribution in [2.45, 2.75) is 26.5 Å². The van der Waals surface area contributed by atoms with E-state index in [4.69, 9.17) is 9.47 Å². The maximum absolute atomic E-state index is 14.1. The van der Waals surface area contributed by atoms with Crippen molar-refractivity contribution >= 4 is 22.5 Å². The van der Waals surface area contributed by atoms with E-state index in [1.54, 1.807) is 18.2 Å². The van der Waals surface area contributed by atoms with E-state index in [1.807, 2.05) is 6.92 Å². The van der Waals surface area contributed by atoms with Crippen LogP contribution in [0.4, 0.5) is 10.1 Å². The molecular formula is C21H20FN3O5. The maximum Gasteiger partial charge on any atom is 0.251 e. The molecule has 1 aromatic heterocycles. The topological polar surface area (TPSA) is 102 Å². The monoisotopic (exact) mass is 413 g/mol. The van der Waals surface area contributed by atoms with Crippen molar-refractivity contribution in [1.82, 2.24) is 9.88 Å². The van der Waals surface area contributed by atoms with Crippen LogP contribution in [0, 0.1) is 10.7 Å². The molecule has 30 heavy (non-hydrogen) atoms. The van der Waals surface area contributed by atoms with Crippen molar-refractivity contribution < 1.29 is 23.8 Å². The van der Waals surface area contributed by atoms with Gasteiger partial charge in [-0.05, 0) is 41.9 Å². The molecule has 0 saturated carbocycles. The van der Waals surface area contributed by atoms with Crippen molar-refractivity contribution in [2.75, 3.05) is 13.3 Å². The first-order chi connectivity index (χ1) is 14.5. The molecule has 0 bridgehead atoms. The molecule has 8 nitrogen and oxygen atoms in total. The molecule has 0 radical (unpaired) electrons. The Balaban J connectivity index is 1.82. The van der Waals surface area contributed by atoms with Crippen molar-refractivity contribution in [3.05, 3.63) is 57.7 Å². The number of hydrogen-bond donors (Lipinski definition) is 2. The average molecular weight is 413 g/mol. The molecule has 9 heteroatoms. The summed E-state index contributed by atoms with van der Waals surface area (Å²) in [5, 5.41) is 16.8. The molecule has 2 heterocycles.